The third kappa shape index (κ3) is 6.72. The third-order valence-corrected chi connectivity index (χ3v) is 6.09. The van der Waals surface area contributed by atoms with E-state index in [1.807, 2.05) is 54.0 Å². The van der Waals surface area contributed by atoms with E-state index in [-0.39, 0.29) is 12.2 Å². The van der Waals surface area contributed by atoms with Gasteiger partial charge in [0.15, 0.2) is 0 Å². The maximum atomic E-state index is 10.7. The molecule has 9 heteroatoms. The number of hydrogen-bond donors (Lipinski definition) is 0. The zero-order valence-corrected chi connectivity index (χ0v) is 18.3. The van der Waals surface area contributed by atoms with Gasteiger partial charge in [-0.3, -0.25) is 0 Å². The number of rotatable bonds is 10. The molecule has 0 bridgehead atoms. The van der Waals surface area contributed by atoms with Crippen LogP contribution in [0.4, 0.5) is 16.5 Å². The van der Waals surface area contributed by atoms with Crippen LogP contribution >= 0.6 is 11.3 Å². The Morgan fingerprint density at radius 2 is 1.80 bits per heavy atom. The van der Waals surface area contributed by atoms with Crippen molar-refractivity contribution in [1.29, 1.82) is 0 Å². The van der Waals surface area contributed by atoms with Crippen LogP contribution in [0.3, 0.4) is 0 Å². The monoisotopic (exact) mass is 444 g/mol. The molecule has 7 nitrogen and oxygen atoms in total. The second kappa shape index (κ2) is 10.4. The van der Waals surface area contributed by atoms with Gasteiger partial charge in [-0.05, 0) is 59.6 Å². The number of benzene rings is 2. The van der Waals surface area contributed by atoms with Gasteiger partial charge in [0.2, 0.25) is 0 Å². The van der Waals surface area contributed by atoms with Gasteiger partial charge in [0, 0.05) is 29.9 Å². The molecule has 0 fully saturated rings. The summed E-state index contributed by atoms with van der Waals surface area (Å²) in [5.41, 5.74) is 3.11. The van der Waals surface area contributed by atoms with E-state index in [4.69, 9.17) is 0 Å². The molecule has 3 aromatic rings. The zero-order valence-electron chi connectivity index (χ0n) is 16.7. The Balaban J connectivity index is 1.63. The van der Waals surface area contributed by atoms with Crippen molar-refractivity contribution in [3.05, 3.63) is 71.7 Å². The summed E-state index contributed by atoms with van der Waals surface area (Å²) in [4.78, 5) is 2.29. The SMILES string of the molecule is CCN(Cc1ccccc1)c1ccc(N=Nc2scc[n+]2CCCS(=O)(=O)[O-])cc1. The maximum absolute atomic E-state index is 10.7. The lowest BCUT2D eigenvalue weighted by molar-refractivity contribution is -0.680. The molecular formula is C21H24N4O3S2. The summed E-state index contributed by atoms with van der Waals surface area (Å²) in [6, 6.07) is 18.3. The predicted octanol–water partition coefficient (Wildman–Crippen LogP) is 4.41. The number of thiazole rings is 1. The Bertz CT molecular complexity index is 1070. The highest BCUT2D eigenvalue weighted by molar-refractivity contribution is 7.85. The van der Waals surface area contributed by atoms with Crippen LogP contribution in [0.2, 0.25) is 0 Å². The topological polar surface area (TPSA) is 89.0 Å². The van der Waals surface area contributed by atoms with Crippen molar-refractivity contribution in [2.24, 2.45) is 10.2 Å². The van der Waals surface area contributed by atoms with Gasteiger partial charge in [-0.15, -0.1) is 0 Å². The predicted molar refractivity (Wildman–Crippen MR) is 117 cm³/mol. The number of aryl methyl sites for hydroxylation is 1. The Hall–Kier alpha value is -2.62. The average molecular weight is 445 g/mol. The van der Waals surface area contributed by atoms with E-state index in [1.54, 1.807) is 4.57 Å². The molecule has 0 aliphatic rings. The molecule has 0 amide bonds. The van der Waals surface area contributed by atoms with E-state index >= 15 is 0 Å². The van der Waals surface area contributed by atoms with Crippen LogP contribution in [-0.4, -0.2) is 25.3 Å². The summed E-state index contributed by atoms with van der Waals surface area (Å²) in [6.07, 6.45) is 2.06. The first-order valence-corrected chi connectivity index (χ1v) is 12.1. The summed E-state index contributed by atoms with van der Waals surface area (Å²) in [5, 5.41) is 11.1. The van der Waals surface area contributed by atoms with Gasteiger partial charge in [-0.25, -0.2) is 13.0 Å². The van der Waals surface area contributed by atoms with Crippen LogP contribution < -0.4 is 9.47 Å². The molecule has 0 spiro atoms. The maximum Gasteiger partial charge on any atom is 0.408 e. The largest absolute Gasteiger partial charge is 0.748 e. The van der Waals surface area contributed by atoms with Crippen LogP contribution in [0.5, 0.6) is 0 Å². The first-order valence-electron chi connectivity index (χ1n) is 9.66. The van der Waals surface area contributed by atoms with Gasteiger partial charge in [0.25, 0.3) is 0 Å². The molecule has 158 valence electrons. The van der Waals surface area contributed by atoms with Crippen LogP contribution in [0, 0.1) is 0 Å². The fourth-order valence-electron chi connectivity index (χ4n) is 2.98. The Morgan fingerprint density at radius 3 is 2.47 bits per heavy atom. The lowest BCUT2D eigenvalue weighted by atomic mass is 10.2. The minimum absolute atomic E-state index is 0.249. The van der Waals surface area contributed by atoms with Crippen LogP contribution in [0.25, 0.3) is 0 Å². The summed E-state index contributed by atoms with van der Waals surface area (Å²) in [7, 11) is -4.20. The molecule has 3 rings (SSSR count). The van der Waals surface area contributed by atoms with Crippen LogP contribution in [0.1, 0.15) is 18.9 Å². The average Bonchev–Trinajstić information content (AvgIpc) is 3.18. The van der Waals surface area contributed by atoms with Crippen molar-refractivity contribution in [2.45, 2.75) is 26.4 Å². The molecule has 0 atom stereocenters. The van der Waals surface area contributed by atoms with Crippen molar-refractivity contribution in [2.75, 3.05) is 17.2 Å². The number of aromatic nitrogens is 1. The molecule has 0 N–H and O–H groups in total. The Kier molecular flexibility index (Phi) is 7.67. The summed E-state index contributed by atoms with van der Waals surface area (Å²) >= 11 is 1.41. The summed E-state index contributed by atoms with van der Waals surface area (Å²) in [5.74, 6) is -0.384. The number of azo groups is 1. The minimum Gasteiger partial charge on any atom is -0.748 e. The fraction of sp³-hybridized carbons (Fsp3) is 0.286. The highest BCUT2D eigenvalue weighted by Crippen LogP contribution is 2.24. The van der Waals surface area contributed by atoms with Crippen molar-refractivity contribution >= 4 is 38.0 Å². The standard InChI is InChI=1S/C21H24N4O3S2/c1-2-24(17-18-7-4-3-5-8-18)20-11-9-19(10-12-20)22-23-21-25(14-15-29-21)13-6-16-30(26,27)28/h3-5,7-12,14-15H,2,6,13,16-17H2,1H3. The van der Waals surface area contributed by atoms with Gasteiger partial charge < -0.3 is 9.45 Å². The quantitative estimate of drug-likeness (QED) is 0.263. The molecule has 2 aromatic carbocycles. The van der Waals surface area contributed by atoms with Gasteiger partial charge in [-0.1, -0.05) is 30.3 Å². The normalized spacial score (nSPS) is 11.8. The molecule has 0 aliphatic heterocycles. The smallest absolute Gasteiger partial charge is 0.408 e. The third-order valence-electron chi connectivity index (χ3n) is 4.52. The molecule has 0 saturated heterocycles. The van der Waals surface area contributed by atoms with E-state index in [9.17, 15) is 13.0 Å². The van der Waals surface area contributed by atoms with Gasteiger partial charge in [0.05, 0.1) is 21.8 Å². The van der Waals surface area contributed by atoms with Gasteiger partial charge in [-0.2, -0.15) is 0 Å². The Labute approximate surface area is 181 Å². The van der Waals surface area contributed by atoms with Crippen LogP contribution in [0.15, 0.2) is 76.4 Å². The highest BCUT2D eigenvalue weighted by atomic mass is 32.2. The molecule has 0 aliphatic carbocycles. The molecular weight excluding hydrogens is 420 g/mol. The number of nitrogens with zero attached hydrogens (tertiary/aromatic N) is 4. The zero-order chi connectivity index (χ0) is 21.4. The molecule has 1 aromatic heterocycles. The summed E-state index contributed by atoms with van der Waals surface area (Å²) < 4.78 is 34.0. The van der Waals surface area contributed by atoms with E-state index in [2.05, 4.69) is 34.2 Å². The lowest BCUT2D eigenvalue weighted by Crippen LogP contribution is -2.32. The van der Waals surface area contributed by atoms with Gasteiger partial charge in [0.1, 0.15) is 11.9 Å². The second-order valence-electron chi connectivity index (χ2n) is 6.71. The molecule has 0 saturated carbocycles. The van der Waals surface area contributed by atoms with Crippen molar-refractivity contribution in [3.63, 3.8) is 0 Å². The number of anilines is 1. The first-order chi connectivity index (χ1) is 14.4. The molecule has 0 radical (unpaired) electrons. The second-order valence-corrected chi connectivity index (χ2v) is 9.11. The first kappa shape index (κ1) is 22.1. The minimum atomic E-state index is -4.20. The summed E-state index contributed by atoms with van der Waals surface area (Å²) in [6.45, 7) is 4.27. The van der Waals surface area contributed by atoms with E-state index in [0.29, 0.717) is 11.7 Å². The van der Waals surface area contributed by atoms with Crippen molar-refractivity contribution < 1.29 is 17.5 Å². The Morgan fingerprint density at radius 1 is 1.07 bits per heavy atom. The highest BCUT2D eigenvalue weighted by Gasteiger charge is 2.12. The fourth-order valence-corrected chi connectivity index (χ4v) is 4.17. The molecule has 30 heavy (non-hydrogen) atoms. The van der Waals surface area contributed by atoms with Crippen molar-refractivity contribution in [1.82, 2.24) is 0 Å². The lowest BCUT2D eigenvalue weighted by Gasteiger charge is -2.23. The van der Waals surface area contributed by atoms with E-state index < -0.39 is 10.1 Å². The van der Waals surface area contributed by atoms with E-state index in [1.165, 1.54) is 16.9 Å². The van der Waals surface area contributed by atoms with E-state index in [0.717, 1.165) is 24.5 Å². The molecule has 1 heterocycles. The van der Waals surface area contributed by atoms with Gasteiger partial charge >= 0.3 is 5.13 Å². The number of hydrogen-bond acceptors (Lipinski definition) is 7. The molecule has 0 unspecified atom stereocenters. The van der Waals surface area contributed by atoms with Crippen LogP contribution in [-0.2, 0) is 23.2 Å². The van der Waals surface area contributed by atoms with Crippen molar-refractivity contribution in [3.8, 4) is 0 Å².